The predicted molar refractivity (Wildman–Crippen MR) is 133 cm³/mol. The summed E-state index contributed by atoms with van der Waals surface area (Å²) in [6.45, 7) is 10.9. The van der Waals surface area contributed by atoms with E-state index in [0.29, 0.717) is 48.0 Å². The molecule has 0 unspecified atom stereocenters. The van der Waals surface area contributed by atoms with Crippen molar-refractivity contribution in [3.63, 3.8) is 0 Å². The summed E-state index contributed by atoms with van der Waals surface area (Å²) >= 11 is 0. The largest absolute Gasteiger partial charge is 0.492 e. The van der Waals surface area contributed by atoms with Crippen LogP contribution in [0.5, 0.6) is 11.5 Å². The van der Waals surface area contributed by atoms with Gasteiger partial charge in [-0.2, -0.15) is 0 Å². The van der Waals surface area contributed by atoms with E-state index in [-0.39, 0.29) is 36.3 Å². The molecular weight excluding hydrogens is 432 g/mol. The predicted octanol–water partition coefficient (Wildman–Crippen LogP) is 4.88. The van der Waals surface area contributed by atoms with Crippen molar-refractivity contribution in [3.05, 3.63) is 59.8 Å². The van der Waals surface area contributed by atoms with Gasteiger partial charge in [0.05, 0.1) is 30.1 Å². The Balaban J connectivity index is 1.93. The highest BCUT2D eigenvalue weighted by atomic mass is 16.5. The van der Waals surface area contributed by atoms with Crippen LogP contribution < -0.4 is 14.8 Å². The SMILES string of the molecule is CCOc1ccccc1NC1=C(c2ccc(OC(C)C)cc2)C(=O)N(CCCOC(C)C)C1=O. The van der Waals surface area contributed by atoms with Crippen molar-refractivity contribution in [2.24, 2.45) is 0 Å². The monoisotopic (exact) mass is 466 g/mol. The lowest BCUT2D eigenvalue weighted by atomic mass is 10.0. The van der Waals surface area contributed by atoms with E-state index in [9.17, 15) is 9.59 Å². The van der Waals surface area contributed by atoms with Crippen molar-refractivity contribution in [1.29, 1.82) is 0 Å². The number of ether oxygens (including phenoxy) is 3. The van der Waals surface area contributed by atoms with E-state index >= 15 is 0 Å². The lowest BCUT2D eigenvalue weighted by Gasteiger charge is -2.16. The molecule has 0 aliphatic carbocycles. The van der Waals surface area contributed by atoms with Crippen LogP contribution in [0.3, 0.4) is 0 Å². The third-order valence-electron chi connectivity index (χ3n) is 5.11. The fourth-order valence-corrected chi connectivity index (χ4v) is 3.66. The van der Waals surface area contributed by atoms with Crippen LogP contribution >= 0.6 is 0 Å². The van der Waals surface area contributed by atoms with Crippen LogP contribution in [0.15, 0.2) is 54.2 Å². The standard InChI is InChI=1S/C27H34N2O5/c1-6-32-23-11-8-7-10-22(23)28-25-24(20-12-14-21(15-13-20)34-19(4)5)26(30)29(27(25)31)16-9-17-33-18(2)3/h7-8,10-15,18-19,28H,6,9,16-17H2,1-5H3. The van der Waals surface area contributed by atoms with E-state index in [2.05, 4.69) is 5.32 Å². The Labute approximate surface area is 201 Å². The van der Waals surface area contributed by atoms with Crippen LogP contribution in [-0.4, -0.2) is 48.7 Å². The number of hydrogen-bond acceptors (Lipinski definition) is 6. The second kappa shape index (κ2) is 11.7. The van der Waals surface area contributed by atoms with Gasteiger partial charge in [0.25, 0.3) is 11.8 Å². The first-order valence-electron chi connectivity index (χ1n) is 11.8. The van der Waals surface area contributed by atoms with Crippen LogP contribution in [0.4, 0.5) is 5.69 Å². The first-order valence-corrected chi connectivity index (χ1v) is 11.8. The molecule has 1 heterocycles. The van der Waals surface area contributed by atoms with Gasteiger partial charge in [-0.1, -0.05) is 24.3 Å². The van der Waals surface area contributed by atoms with Gasteiger partial charge in [0.15, 0.2) is 0 Å². The van der Waals surface area contributed by atoms with E-state index in [0.717, 1.165) is 0 Å². The molecule has 7 heteroatoms. The van der Waals surface area contributed by atoms with Crippen LogP contribution in [0, 0.1) is 0 Å². The molecule has 34 heavy (non-hydrogen) atoms. The van der Waals surface area contributed by atoms with Crippen molar-refractivity contribution < 1.29 is 23.8 Å². The number of carbonyl (C=O) groups is 2. The van der Waals surface area contributed by atoms with E-state index in [1.807, 2.05) is 71.0 Å². The summed E-state index contributed by atoms with van der Waals surface area (Å²) in [6.07, 6.45) is 0.695. The van der Waals surface area contributed by atoms with Crippen molar-refractivity contribution >= 4 is 23.1 Å². The Morgan fingerprint density at radius 1 is 0.912 bits per heavy atom. The summed E-state index contributed by atoms with van der Waals surface area (Å²) in [7, 11) is 0. The van der Waals surface area contributed by atoms with Crippen molar-refractivity contribution in [2.45, 2.75) is 53.2 Å². The number of nitrogens with one attached hydrogen (secondary N) is 1. The highest BCUT2D eigenvalue weighted by molar-refractivity contribution is 6.36. The Kier molecular flexibility index (Phi) is 8.71. The molecule has 0 atom stereocenters. The van der Waals surface area contributed by atoms with Crippen molar-refractivity contribution in [2.75, 3.05) is 25.1 Å². The van der Waals surface area contributed by atoms with Gasteiger partial charge >= 0.3 is 0 Å². The van der Waals surface area contributed by atoms with Gasteiger partial charge in [0.1, 0.15) is 17.2 Å². The second-order valence-electron chi connectivity index (χ2n) is 8.53. The highest BCUT2D eigenvalue weighted by Gasteiger charge is 2.39. The summed E-state index contributed by atoms with van der Waals surface area (Å²) in [5, 5.41) is 3.19. The van der Waals surface area contributed by atoms with Crippen molar-refractivity contribution in [1.82, 2.24) is 4.90 Å². The molecule has 3 rings (SSSR count). The maximum Gasteiger partial charge on any atom is 0.278 e. The number of para-hydroxylation sites is 2. The fourth-order valence-electron chi connectivity index (χ4n) is 3.66. The number of carbonyl (C=O) groups excluding carboxylic acids is 2. The van der Waals surface area contributed by atoms with E-state index < -0.39 is 0 Å². The van der Waals surface area contributed by atoms with E-state index in [1.165, 1.54) is 4.90 Å². The van der Waals surface area contributed by atoms with Gasteiger partial charge < -0.3 is 19.5 Å². The van der Waals surface area contributed by atoms with Gasteiger partial charge in [0.2, 0.25) is 0 Å². The van der Waals surface area contributed by atoms with Crippen molar-refractivity contribution in [3.8, 4) is 11.5 Å². The number of amides is 2. The normalized spacial score (nSPS) is 13.9. The molecule has 2 amide bonds. The topological polar surface area (TPSA) is 77.1 Å². The summed E-state index contributed by atoms with van der Waals surface area (Å²) in [5.74, 6) is 0.624. The summed E-state index contributed by atoms with van der Waals surface area (Å²) in [6, 6.07) is 14.6. The lowest BCUT2D eigenvalue weighted by molar-refractivity contribution is -0.137. The number of hydrogen-bond donors (Lipinski definition) is 1. The lowest BCUT2D eigenvalue weighted by Crippen LogP contribution is -2.34. The average Bonchev–Trinajstić information content (AvgIpc) is 3.02. The minimum Gasteiger partial charge on any atom is -0.492 e. The molecule has 2 aromatic rings. The van der Waals surface area contributed by atoms with E-state index in [4.69, 9.17) is 14.2 Å². The van der Waals surface area contributed by atoms with Gasteiger partial charge in [0, 0.05) is 13.2 Å². The smallest absolute Gasteiger partial charge is 0.278 e. The Hall–Kier alpha value is -3.32. The summed E-state index contributed by atoms with van der Waals surface area (Å²) < 4.78 is 17.0. The fraction of sp³-hybridized carbons (Fsp3) is 0.407. The van der Waals surface area contributed by atoms with Gasteiger partial charge in [-0.05, 0) is 70.9 Å². The maximum absolute atomic E-state index is 13.4. The number of anilines is 1. The molecule has 1 aliphatic heterocycles. The molecule has 182 valence electrons. The summed E-state index contributed by atoms with van der Waals surface area (Å²) in [5.41, 5.74) is 1.84. The molecule has 0 radical (unpaired) electrons. The highest BCUT2D eigenvalue weighted by Crippen LogP contribution is 2.34. The van der Waals surface area contributed by atoms with Crippen LogP contribution in [0.25, 0.3) is 5.57 Å². The third-order valence-corrected chi connectivity index (χ3v) is 5.11. The number of nitrogens with zero attached hydrogens (tertiary/aromatic N) is 1. The van der Waals surface area contributed by atoms with Crippen LogP contribution in [0.2, 0.25) is 0 Å². The number of benzene rings is 2. The zero-order valence-corrected chi connectivity index (χ0v) is 20.6. The third kappa shape index (κ3) is 6.17. The zero-order chi connectivity index (χ0) is 24.7. The molecule has 1 aliphatic rings. The van der Waals surface area contributed by atoms with Crippen LogP contribution in [0.1, 0.15) is 46.6 Å². The molecule has 0 aromatic heterocycles. The molecule has 2 aromatic carbocycles. The number of imide groups is 1. The van der Waals surface area contributed by atoms with Gasteiger partial charge in [-0.15, -0.1) is 0 Å². The molecule has 0 fully saturated rings. The minimum atomic E-state index is -0.363. The first kappa shape index (κ1) is 25.3. The maximum atomic E-state index is 13.4. The molecule has 0 saturated carbocycles. The Bertz CT molecular complexity index is 1030. The first-order chi connectivity index (χ1) is 16.3. The zero-order valence-electron chi connectivity index (χ0n) is 20.6. The van der Waals surface area contributed by atoms with Gasteiger partial charge in [-0.25, -0.2) is 0 Å². The molecular formula is C27H34N2O5. The Morgan fingerprint density at radius 3 is 2.26 bits per heavy atom. The van der Waals surface area contributed by atoms with E-state index in [1.54, 1.807) is 12.1 Å². The molecule has 0 spiro atoms. The molecule has 1 N–H and O–H groups in total. The Morgan fingerprint density at radius 2 is 1.62 bits per heavy atom. The molecule has 0 bridgehead atoms. The van der Waals surface area contributed by atoms with Crippen LogP contribution in [-0.2, 0) is 14.3 Å². The summed E-state index contributed by atoms with van der Waals surface area (Å²) in [4.78, 5) is 28.1. The molecule has 0 saturated heterocycles. The second-order valence-corrected chi connectivity index (χ2v) is 8.53. The number of rotatable bonds is 12. The molecule has 7 nitrogen and oxygen atoms in total. The minimum absolute atomic E-state index is 0.0376. The average molecular weight is 467 g/mol. The quantitative estimate of drug-likeness (QED) is 0.355. The van der Waals surface area contributed by atoms with Gasteiger partial charge in [-0.3, -0.25) is 14.5 Å².